The first-order valence-electron chi connectivity index (χ1n) is 13.2. The molecule has 1 saturated carbocycles. The van der Waals surface area contributed by atoms with Crippen molar-refractivity contribution in [3.8, 4) is 0 Å². The largest absolute Gasteiger partial charge is 0.455 e. The molecule has 2 heterocycles. The maximum atomic E-state index is 13.7. The summed E-state index contributed by atoms with van der Waals surface area (Å²) in [7, 11) is 0. The lowest BCUT2D eigenvalue weighted by molar-refractivity contribution is 0.0911. The fourth-order valence-corrected chi connectivity index (χ4v) is 5.48. The van der Waals surface area contributed by atoms with Crippen LogP contribution in [0.3, 0.4) is 0 Å². The normalized spacial score (nSPS) is 20.0. The van der Waals surface area contributed by atoms with Crippen molar-refractivity contribution >= 4 is 5.91 Å². The van der Waals surface area contributed by atoms with Gasteiger partial charge in [0, 0.05) is 31.7 Å². The maximum absolute atomic E-state index is 13.7. The second kappa shape index (κ2) is 12.5. The molecule has 1 amide bonds. The van der Waals surface area contributed by atoms with Crippen LogP contribution in [0.4, 0.5) is 4.39 Å². The van der Waals surface area contributed by atoms with Gasteiger partial charge < -0.3 is 14.6 Å². The second-order valence-corrected chi connectivity index (χ2v) is 10.1. The van der Waals surface area contributed by atoms with E-state index in [1.165, 1.54) is 51.1 Å². The van der Waals surface area contributed by atoms with Gasteiger partial charge >= 0.3 is 0 Å². The molecule has 1 aliphatic heterocycles. The number of benzene rings is 1. The molecule has 1 N–H and O–H groups in total. The van der Waals surface area contributed by atoms with Crippen LogP contribution in [0.25, 0.3) is 0 Å². The summed E-state index contributed by atoms with van der Waals surface area (Å²) in [5, 5.41) is 3.01. The number of carbonyl (C=O) groups is 1. The van der Waals surface area contributed by atoms with E-state index in [-0.39, 0.29) is 11.7 Å². The zero-order chi connectivity index (χ0) is 23.8. The molecule has 1 saturated heterocycles. The zero-order valence-electron chi connectivity index (χ0n) is 20.6. The van der Waals surface area contributed by atoms with Gasteiger partial charge in [-0.15, -0.1) is 0 Å². The van der Waals surface area contributed by atoms with Crippen LogP contribution in [0.5, 0.6) is 0 Å². The predicted octanol–water partition coefficient (Wildman–Crippen LogP) is 5.75. The predicted molar refractivity (Wildman–Crippen MR) is 133 cm³/mol. The van der Waals surface area contributed by atoms with Gasteiger partial charge in [-0.25, -0.2) is 4.39 Å². The summed E-state index contributed by atoms with van der Waals surface area (Å²) in [6.07, 6.45) is 10.9. The number of piperidine rings is 1. The number of likely N-dealkylation sites (tertiary alicyclic amines) is 1. The third-order valence-corrected chi connectivity index (χ3v) is 7.46. The van der Waals surface area contributed by atoms with E-state index < -0.39 is 0 Å². The minimum Gasteiger partial charge on any atom is -0.455 e. The lowest BCUT2D eigenvalue weighted by Gasteiger charge is -2.34. The Hall–Kier alpha value is -2.18. The molecule has 2 fully saturated rings. The fourth-order valence-electron chi connectivity index (χ4n) is 5.48. The van der Waals surface area contributed by atoms with E-state index in [0.717, 1.165) is 37.1 Å². The fraction of sp³-hybridized carbons (Fsp3) is 0.607. The highest BCUT2D eigenvalue weighted by molar-refractivity contribution is 5.91. The summed E-state index contributed by atoms with van der Waals surface area (Å²) in [6.45, 7) is 6.46. The van der Waals surface area contributed by atoms with Crippen molar-refractivity contribution in [3.05, 3.63) is 59.3 Å². The number of nitrogens with zero attached hydrogens (tertiary/aromatic N) is 2. The quantitative estimate of drug-likeness (QED) is 0.450. The van der Waals surface area contributed by atoms with Gasteiger partial charge in [0.1, 0.15) is 11.6 Å². The first-order valence-corrected chi connectivity index (χ1v) is 13.2. The van der Waals surface area contributed by atoms with Gasteiger partial charge in [0.05, 0.1) is 6.54 Å². The van der Waals surface area contributed by atoms with E-state index in [4.69, 9.17) is 4.42 Å². The summed E-state index contributed by atoms with van der Waals surface area (Å²) in [6, 6.07) is 11.6. The lowest BCUT2D eigenvalue weighted by atomic mass is 9.93. The molecular weight excluding hydrogens is 429 g/mol. The summed E-state index contributed by atoms with van der Waals surface area (Å²) in [4.78, 5) is 17.5. The molecule has 186 valence electrons. The molecule has 1 aromatic carbocycles. The van der Waals surface area contributed by atoms with Gasteiger partial charge in [-0.2, -0.15) is 0 Å². The minimum atomic E-state index is -0.201. The van der Waals surface area contributed by atoms with Crippen LogP contribution in [-0.4, -0.2) is 47.4 Å². The van der Waals surface area contributed by atoms with Gasteiger partial charge in [0.15, 0.2) is 5.76 Å². The molecule has 4 rings (SSSR count). The Balaban J connectivity index is 1.30. The number of rotatable bonds is 10. The summed E-state index contributed by atoms with van der Waals surface area (Å²) in [5.74, 6) is 0.810. The third-order valence-electron chi connectivity index (χ3n) is 7.46. The van der Waals surface area contributed by atoms with Crippen molar-refractivity contribution in [1.29, 1.82) is 0 Å². The Morgan fingerprint density at radius 1 is 1.09 bits per heavy atom. The molecule has 1 unspecified atom stereocenters. The van der Waals surface area contributed by atoms with Crippen LogP contribution in [-0.2, 0) is 13.1 Å². The van der Waals surface area contributed by atoms with Crippen molar-refractivity contribution in [2.75, 3.05) is 19.6 Å². The Kier molecular flexibility index (Phi) is 9.17. The highest BCUT2D eigenvalue weighted by Gasteiger charge is 2.23. The monoisotopic (exact) mass is 469 g/mol. The highest BCUT2D eigenvalue weighted by atomic mass is 19.1. The first kappa shape index (κ1) is 24.9. The van der Waals surface area contributed by atoms with E-state index in [0.29, 0.717) is 37.5 Å². The molecule has 34 heavy (non-hydrogen) atoms. The van der Waals surface area contributed by atoms with Crippen molar-refractivity contribution in [1.82, 2.24) is 15.1 Å². The number of hydrogen-bond donors (Lipinski definition) is 1. The van der Waals surface area contributed by atoms with Gasteiger partial charge in [0.2, 0.25) is 0 Å². The second-order valence-electron chi connectivity index (χ2n) is 10.1. The van der Waals surface area contributed by atoms with Crippen LogP contribution >= 0.6 is 0 Å². The molecular formula is C28H40FN3O2. The lowest BCUT2D eigenvalue weighted by Crippen LogP contribution is -2.39. The van der Waals surface area contributed by atoms with E-state index in [1.54, 1.807) is 18.2 Å². The molecule has 5 nitrogen and oxygen atoms in total. The van der Waals surface area contributed by atoms with E-state index in [1.807, 2.05) is 12.1 Å². The molecule has 0 spiro atoms. The SMILES string of the molecule is CC1CCCCN1CCCNC(=O)c1ccc(CN(Cc2cccc(F)c2)C2CCCCC2)o1. The highest BCUT2D eigenvalue weighted by Crippen LogP contribution is 2.26. The van der Waals surface area contributed by atoms with Gasteiger partial charge in [-0.1, -0.05) is 37.8 Å². The first-order chi connectivity index (χ1) is 16.6. The molecule has 2 aromatic rings. The number of halogens is 1. The molecule has 6 heteroatoms. The number of nitrogens with one attached hydrogen (secondary N) is 1. The van der Waals surface area contributed by atoms with Gasteiger partial charge in [0.25, 0.3) is 5.91 Å². The molecule has 0 radical (unpaired) electrons. The average molecular weight is 470 g/mol. The van der Waals surface area contributed by atoms with E-state index in [2.05, 4.69) is 22.0 Å². The number of carbonyl (C=O) groups excluding carboxylic acids is 1. The standard InChI is InChI=1S/C28H40FN3O2/c1-22-9-5-6-17-31(22)18-8-16-30-28(33)27-15-14-26(34-27)21-32(25-12-3-2-4-13-25)20-23-10-7-11-24(29)19-23/h7,10-11,14-15,19,22,25H,2-6,8-9,12-13,16-18,20-21H2,1H3,(H,30,33). The molecule has 1 atom stereocenters. The maximum Gasteiger partial charge on any atom is 0.286 e. The molecule has 1 aliphatic carbocycles. The Bertz CT molecular complexity index is 909. The summed E-state index contributed by atoms with van der Waals surface area (Å²) in [5.41, 5.74) is 0.970. The van der Waals surface area contributed by atoms with Crippen LogP contribution in [0.2, 0.25) is 0 Å². The van der Waals surface area contributed by atoms with Crippen molar-refractivity contribution in [2.45, 2.75) is 89.9 Å². The smallest absolute Gasteiger partial charge is 0.286 e. The Labute approximate surface area is 203 Å². The van der Waals surface area contributed by atoms with Crippen LogP contribution in [0.1, 0.15) is 86.6 Å². The van der Waals surface area contributed by atoms with Crippen LogP contribution in [0, 0.1) is 5.82 Å². The molecule has 0 bridgehead atoms. The van der Waals surface area contributed by atoms with Crippen LogP contribution in [0.15, 0.2) is 40.8 Å². The van der Waals surface area contributed by atoms with Crippen molar-refractivity contribution in [2.24, 2.45) is 0 Å². The van der Waals surface area contributed by atoms with Crippen LogP contribution < -0.4 is 5.32 Å². The minimum absolute atomic E-state index is 0.146. The van der Waals surface area contributed by atoms with Gasteiger partial charge in [-0.05, 0) is 75.4 Å². The van der Waals surface area contributed by atoms with Crippen molar-refractivity contribution < 1.29 is 13.6 Å². The third kappa shape index (κ3) is 7.16. The zero-order valence-corrected chi connectivity index (χ0v) is 20.6. The summed E-state index contributed by atoms with van der Waals surface area (Å²) < 4.78 is 19.7. The van der Waals surface area contributed by atoms with E-state index in [9.17, 15) is 9.18 Å². The molecule has 1 aromatic heterocycles. The van der Waals surface area contributed by atoms with E-state index >= 15 is 0 Å². The number of hydrogen-bond acceptors (Lipinski definition) is 4. The summed E-state index contributed by atoms with van der Waals surface area (Å²) >= 11 is 0. The van der Waals surface area contributed by atoms with Gasteiger partial charge in [-0.3, -0.25) is 9.69 Å². The van der Waals surface area contributed by atoms with Crippen molar-refractivity contribution in [3.63, 3.8) is 0 Å². The number of furan rings is 1. The Morgan fingerprint density at radius 2 is 1.91 bits per heavy atom. The average Bonchev–Trinajstić information content (AvgIpc) is 3.32. The topological polar surface area (TPSA) is 48.7 Å². The Morgan fingerprint density at radius 3 is 2.71 bits per heavy atom. The molecule has 2 aliphatic rings. The number of amides is 1.